The molecule has 0 spiro atoms. The molecule has 4 heterocycles. The van der Waals surface area contributed by atoms with Gasteiger partial charge in [0.1, 0.15) is 16.0 Å². The highest BCUT2D eigenvalue weighted by Crippen LogP contribution is 2.46. The number of carbonyl (C=O) groups is 3. The van der Waals surface area contributed by atoms with Gasteiger partial charge in [-0.1, -0.05) is 27.7 Å². The summed E-state index contributed by atoms with van der Waals surface area (Å²) in [6.07, 6.45) is -4.51. The SMILES string of the molecule is COC(=O)c1cc2c(s1)[C@H](C(C)C)N(CC1CCC(C(F)(F)F)CC1)C2.COC(=O)c1cc2c(s1)[C@H](C(C)C)NC2.O=CC1CCC(C(F)(F)F)CC1. The third kappa shape index (κ3) is 11.1. The number of hydrogen-bond acceptors (Lipinski definition) is 9. The van der Waals surface area contributed by atoms with E-state index < -0.39 is 24.2 Å². The summed E-state index contributed by atoms with van der Waals surface area (Å²) in [7, 11) is 2.81. The molecule has 0 aromatic carbocycles. The van der Waals surface area contributed by atoms with Crippen LogP contribution < -0.4 is 5.32 Å². The largest absolute Gasteiger partial charge is 0.465 e. The number of aldehydes is 1. The highest BCUT2D eigenvalue weighted by molar-refractivity contribution is 7.14. The van der Waals surface area contributed by atoms with Gasteiger partial charge in [0.2, 0.25) is 0 Å². The van der Waals surface area contributed by atoms with E-state index in [1.165, 1.54) is 40.9 Å². The Bertz CT molecular complexity index is 1520. The first-order valence-corrected chi connectivity index (χ1v) is 20.0. The first-order chi connectivity index (χ1) is 24.9. The molecule has 2 saturated carbocycles. The van der Waals surface area contributed by atoms with Gasteiger partial charge in [-0.05, 0) is 92.4 Å². The van der Waals surface area contributed by atoms with E-state index in [0.717, 1.165) is 36.4 Å². The minimum Gasteiger partial charge on any atom is -0.465 e. The Labute approximate surface area is 316 Å². The van der Waals surface area contributed by atoms with E-state index in [1.54, 1.807) is 11.3 Å². The number of carbonyl (C=O) groups excluding carboxylic acids is 3. The first kappa shape index (κ1) is 43.2. The highest BCUT2D eigenvalue weighted by atomic mass is 32.1. The van der Waals surface area contributed by atoms with Crippen LogP contribution in [0.25, 0.3) is 0 Å². The van der Waals surface area contributed by atoms with Crippen LogP contribution in [-0.4, -0.2) is 56.2 Å². The van der Waals surface area contributed by atoms with Gasteiger partial charge in [0.25, 0.3) is 0 Å². The molecule has 4 aliphatic rings. The van der Waals surface area contributed by atoms with Gasteiger partial charge in [-0.2, -0.15) is 26.3 Å². The lowest BCUT2D eigenvalue weighted by atomic mass is 9.81. The fourth-order valence-electron chi connectivity index (χ4n) is 7.89. The van der Waals surface area contributed by atoms with Gasteiger partial charge in [-0.15, -0.1) is 22.7 Å². The molecule has 2 aromatic rings. The second-order valence-corrected chi connectivity index (χ2v) is 17.4. The summed E-state index contributed by atoms with van der Waals surface area (Å²) in [5, 5.41) is 3.44. The van der Waals surface area contributed by atoms with Gasteiger partial charge in [0.05, 0.1) is 26.1 Å². The number of halogens is 6. The van der Waals surface area contributed by atoms with Gasteiger partial charge in [0.15, 0.2) is 0 Å². The third-order valence-electron chi connectivity index (χ3n) is 10.8. The van der Waals surface area contributed by atoms with Gasteiger partial charge < -0.3 is 19.6 Å². The van der Waals surface area contributed by atoms with Crippen molar-refractivity contribution < 1.29 is 50.2 Å². The lowest BCUT2D eigenvalue weighted by Crippen LogP contribution is -2.35. The van der Waals surface area contributed by atoms with Crippen molar-refractivity contribution in [2.75, 3.05) is 20.8 Å². The number of ether oxygens (including phenoxy) is 2. The normalized spacial score (nSPS) is 25.8. The van der Waals surface area contributed by atoms with Crippen LogP contribution >= 0.6 is 22.7 Å². The fraction of sp³-hybridized carbons (Fsp3) is 0.711. The van der Waals surface area contributed by atoms with Gasteiger partial charge in [0, 0.05) is 47.4 Å². The second-order valence-electron chi connectivity index (χ2n) is 15.3. The van der Waals surface area contributed by atoms with Crippen molar-refractivity contribution in [3.05, 3.63) is 42.8 Å². The van der Waals surface area contributed by atoms with Crippen molar-refractivity contribution in [2.24, 2.45) is 35.5 Å². The number of nitrogens with zero attached hydrogens (tertiary/aromatic N) is 1. The summed E-state index contributed by atoms with van der Waals surface area (Å²) in [4.78, 5) is 39.6. The van der Waals surface area contributed by atoms with Crippen molar-refractivity contribution in [3.63, 3.8) is 0 Å². The van der Waals surface area contributed by atoms with Gasteiger partial charge in [-0.3, -0.25) is 4.90 Å². The summed E-state index contributed by atoms with van der Waals surface area (Å²) in [5.41, 5.74) is 2.41. The van der Waals surface area contributed by atoms with E-state index in [9.17, 15) is 40.7 Å². The molecule has 0 saturated heterocycles. The molecule has 0 radical (unpaired) electrons. The minimum absolute atomic E-state index is 0.118. The molecule has 15 heteroatoms. The minimum atomic E-state index is -4.06. The Morgan fingerprint density at radius 3 is 1.74 bits per heavy atom. The molecular weight excluding hydrogens is 743 g/mol. The molecular formula is C38H52F6N2O5S2. The Morgan fingerprint density at radius 2 is 1.28 bits per heavy atom. The van der Waals surface area contributed by atoms with E-state index in [-0.39, 0.29) is 49.6 Å². The highest BCUT2D eigenvalue weighted by Gasteiger charge is 2.43. The summed E-state index contributed by atoms with van der Waals surface area (Å²) in [5.74, 6) is -1.70. The molecule has 6 rings (SSSR count). The average Bonchev–Trinajstić information content (AvgIpc) is 3.88. The summed E-state index contributed by atoms with van der Waals surface area (Å²) >= 11 is 3.05. The number of thiophene rings is 2. The predicted octanol–water partition coefficient (Wildman–Crippen LogP) is 10.3. The van der Waals surface area contributed by atoms with E-state index >= 15 is 0 Å². The first-order valence-electron chi connectivity index (χ1n) is 18.4. The molecule has 2 aliphatic heterocycles. The number of alkyl halides is 6. The van der Waals surface area contributed by atoms with Crippen LogP contribution in [0.15, 0.2) is 12.1 Å². The molecule has 1 N–H and O–H groups in total. The molecule has 2 aliphatic carbocycles. The number of hydrogen-bond donors (Lipinski definition) is 1. The van der Waals surface area contributed by atoms with Crippen molar-refractivity contribution in [1.29, 1.82) is 0 Å². The Kier molecular flexibility index (Phi) is 15.0. The number of fused-ring (bicyclic) bond motifs is 2. The van der Waals surface area contributed by atoms with Crippen LogP contribution in [0.5, 0.6) is 0 Å². The van der Waals surface area contributed by atoms with Crippen LogP contribution in [0, 0.1) is 35.5 Å². The van der Waals surface area contributed by atoms with Gasteiger partial charge >= 0.3 is 24.3 Å². The van der Waals surface area contributed by atoms with Crippen LogP contribution in [-0.2, 0) is 27.4 Å². The topological polar surface area (TPSA) is 84.9 Å². The molecule has 298 valence electrons. The lowest BCUT2D eigenvalue weighted by Gasteiger charge is -2.35. The maximum atomic E-state index is 12.9. The van der Waals surface area contributed by atoms with Crippen LogP contribution in [0.1, 0.15) is 131 Å². The van der Waals surface area contributed by atoms with Crippen LogP contribution in [0.2, 0.25) is 0 Å². The standard InChI is InChI=1S/C19H26F3NO2S.C11H15NO2S.C8H11F3O/c1-11(2)16-17-13(8-15(26-17)18(24)25-3)10-23(16)9-12-4-6-14(7-5-12)19(20,21)22;1-6(2)9-10-7(5-12-9)4-8(15-10)11(13)14-3;9-8(10,11)7-3-1-6(5-12)2-4-7/h8,11-12,14,16H,4-7,9-10H2,1-3H3;4,6,9,12H,5H2,1-3H3;5-7H,1-4H2/t12?,14?,16-;9-;/m00./s1. The quantitative estimate of drug-likeness (QED) is 0.170. The monoisotopic (exact) mass is 794 g/mol. The van der Waals surface area contributed by atoms with E-state index in [2.05, 4.69) is 37.9 Å². The van der Waals surface area contributed by atoms with Crippen molar-refractivity contribution in [2.45, 2.75) is 117 Å². The molecule has 2 fully saturated rings. The van der Waals surface area contributed by atoms with Crippen molar-refractivity contribution >= 4 is 40.9 Å². The maximum absolute atomic E-state index is 12.9. The number of nitrogens with one attached hydrogen (secondary N) is 1. The van der Waals surface area contributed by atoms with Crippen LogP contribution in [0.4, 0.5) is 26.3 Å². The summed E-state index contributed by atoms with van der Waals surface area (Å²) < 4.78 is 84.4. The third-order valence-corrected chi connectivity index (χ3v) is 13.3. The average molecular weight is 795 g/mol. The zero-order chi connectivity index (χ0) is 39.2. The summed E-state index contributed by atoms with van der Waals surface area (Å²) in [6, 6.07) is 4.49. The maximum Gasteiger partial charge on any atom is 0.391 e. The predicted molar refractivity (Wildman–Crippen MR) is 193 cm³/mol. The van der Waals surface area contributed by atoms with Crippen molar-refractivity contribution in [1.82, 2.24) is 10.2 Å². The van der Waals surface area contributed by atoms with Gasteiger partial charge in [-0.25, -0.2) is 9.59 Å². The molecule has 0 unspecified atom stereocenters. The molecule has 0 bridgehead atoms. The Hall–Kier alpha value is -2.49. The number of methoxy groups -OCH3 is 2. The van der Waals surface area contributed by atoms with Crippen molar-refractivity contribution in [3.8, 4) is 0 Å². The smallest absolute Gasteiger partial charge is 0.391 e. The molecule has 7 nitrogen and oxygen atoms in total. The molecule has 2 aromatic heterocycles. The zero-order valence-corrected chi connectivity index (χ0v) is 32.8. The molecule has 0 amide bonds. The Balaban J connectivity index is 0.000000196. The fourth-order valence-corrected chi connectivity index (χ4v) is 10.6. The van der Waals surface area contributed by atoms with E-state index in [4.69, 9.17) is 9.47 Å². The molecule has 53 heavy (non-hydrogen) atoms. The second kappa shape index (κ2) is 18.4. The lowest BCUT2D eigenvalue weighted by molar-refractivity contribution is -0.184. The van der Waals surface area contributed by atoms with Crippen LogP contribution in [0.3, 0.4) is 0 Å². The molecule has 2 atom stereocenters. The van der Waals surface area contributed by atoms with E-state index in [1.807, 2.05) is 12.1 Å². The Morgan fingerprint density at radius 1 is 0.792 bits per heavy atom. The zero-order valence-electron chi connectivity index (χ0n) is 31.2. The van der Waals surface area contributed by atoms with E-state index in [0.29, 0.717) is 54.4 Å². The summed E-state index contributed by atoms with van der Waals surface area (Å²) in [6.45, 7) is 11.2. The number of esters is 2. The number of rotatable bonds is 7.